The number of benzene rings is 1. The SMILES string of the molecule is C=Cc1c(C(=O)O)ccc(OC)c1N=C. The Morgan fingerprint density at radius 2 is 2.27 bits per heavy atom. The number of methoxy groups -OCH3 is 1. The van der Waals surface area contributed by atoms with Crippen molar-refractivity contribution >= 4 is 24.5 Å². The van der Waals surface area contributed by atoms with Crippen LogP contribution in [-0.2, 0) is 0 Å². The second-order valence-electron chi connectivity index (χ2n) is 2.75. The van der Waals surface area contributed by atoms with E-state index in [1.165, 1.54) is 19.3 Å². The highest BCUT2D eigenvalue weighted by molar-refractivity contribution is 5.95. The molecule has 0 saturated carbocycles. The zero-order chi connectivity index (χ0) is 11.4. The van der Waals surface area contributed by atoms with Crippen molar-refractivity contribution in [1.29, 1.82) is 0 Å². The molecule has 0 spiro atoms. The van der Waals surface area contributed by atoms with Crippen molar-refractivity contribution in [2.45, 2.75) is 0 Å². The molecule has 0 atom stereocenters. The quantitative estimate of drug-likeness (QED) is 0.767. The summed E-state index contributed by atoms with van der Waals surface area (Å²) in [5.41, 5.74) is 0.942. The summed E-state index contributed by atoms with van der Waals surface area (Å²) in [6.45, 7) is 6.93. The monoisotopic (exact) mass is 205 g/mol. The van der Waals surface area contributed by atoms with E-state index in [0.717, 1.165) is 0 Å². The van der Waals surface area contributed by atoms with Gasteiger partial charge >= 0.3 is 5.97 Å². The average Bonchev–Trinajstić information content (AvgIpc) is 2.26. The number of carboxylic acids is 1. The van der Waals surface area contributed by atoms with Crippen LogP contribution >= 0.6 is 0 Å². The molecule has 15 heavy (non-hydrogen) atoms. The van der Waals surface area contributed by atoms with Crippen LogP contribution in [0.1, 0.15) is 15.9 Å². The fourth-order valence-electron chi connectivity index (χ4n) is 1.31. The number of aliphatic imine (C=N–C) groups is 1. The Morgan fingerprint density at radius 3 is 2.67 bits per heavy atom. The van der Waals surface area contributed by atoms with Gasteiger partial charge in [0.25, 0.3) is 0 Å². The van der Waals surface area contributed by atoms with E-state index < -0.39 is 5.97 Å². The van der Waals surface area contributed by atoms with Gasteiger partial charge in [0.2, 0.25) is 0 Å². The normalized spacial score (nSPS) is 9.40. The summed E-state index contributed by atoms with van der Waals surface area (Å²) in [6.07, 6.45) is 1.43. The molecular weight excluding hydrogens is 194 g/mol. The van der Waals surface area contributed by atoms with Crippen molar-refractivity contribution in [3.8, 4) is 5.75 Å². The predicted molar refractivity (Wildman–Crippen MR) is 59.3 cm³/mol. The Morgan fingerprint density at radius 1 is 1.60 bits per heavy atom. The molecule has 0 saturated heterocycles. The number of hydrogen-bond acceptors (Lipinski definition) is 3. The lowest BCUT2D eigenvalue weighted by Gasteiger charge is -2.09. The number of ether oxygens (including phenoxy) is 1. The van der Waals surface area contributed by atoms with Gasteiger partial charge in [0.15, 0.2) is 0 Å². The molecule has 0 aliphatic rings. The predicted octanol–water partition coefficient (Wildman–Crippen LogP) is 2.37. The maximum Gasteiger partial charge on any atom is 0.336 e. The van der Waals surface area contributed by atoms with E-state index in [2.05, 4.69) is 18.3 Å². The number of rotatable bonds is 4. The first-order valence-electron chi connectivity index (χ1n) is 4.19. The maximum absolute atomic E-state index is 10.9. The molecular formula is C11H11NO3. The fourth-order valence-corrected chi connectivity index (χ4v) is 1.31. The van der Waals surface area contributed by atoms with E-state index in [1.807, 2.05) is 0 Å². The molecule has 0 aromatic heterocycles. The van der Waals surface area contributed by atoms with Crippen LogP contribution in [0.4, 0.5) is 5.69 Å². The third-order valence-corrected chi connectivity index (χ3v) is 1.99. The molecule has 78 valence electrons. The van der Waals surface area contributed by atoms with Crippen molar-refractivity contribution in [3.63, 3.8) is 0 Å². The smallest absolute Gasteiger partial charge is 0.336 e. The minimum Gasteiger partial charge on any atom is -0.494 e. The van der Waals surface area contributed by atoms with Crippen LogP contribution < -0.4 is 4.74 Å². The van der Waals surface area contributed by atoms with Gasteiger partial charge in [0.05, 0.1) is 12.7 Å². The lowest BCUT2D eigenvalue weighted by molar-refractivity contribution is 0.0696. The summed E-state index contributed by atoms with van der Waals surface area (Å²) in [7, 11) is 1.48. The molecule has 0 fully saturated rings. The van der Waals surface area contributed by atoms with Crippen LogP contribution in [0.25, 0.3) is 6.08 Å². The summed E-state index contributed by atoms with van der Waals surface area (Å²) in [6, 6.07) is 2.99. The minimum atomic E-state index is -1.03. The Labute approximate surface area is 87.5 Å². The van der Waals surface area contributed by atoms with E-state index in [9.17, 15) is 4.79 Å². The average molecular weight is 205 g/mol. The van der Waals surface area contributed by atoms with Gasteiger partial charge in [-0.1, -0.05) is 12.7 Å². The maximum atomic E-state index is 10.9. The second kappa shape index (κ2) is 4.41. The first-order chi connectivity index (χ1) is 7.15. The van der Waals surface area contributed by atoms with Gasteiger partial charge in [-0.2, -0.15) is 0 Å². The lowest BCUT2D eigenvalue weighted by Crippen LogP contribution is -2.00. The van der Waals surface area contributed by atoms with E-state index in [1.54, 1.807) is 6.07 Å². The molecule has 0 bridgehead atoms. The van der Waals surface area contributed by atoms with Gasteiger partial charge in [-0.15, -0.1) is 0 Å². The van der Waals surface area contributed by atoms with Gasteiger partial charge in [-0.25, -0.2) is 4.79 Å². The van der Waals surface area contributed by atoms with Crippen molar-refractivity contribution in [2.24, 2.45) is 4.99 Å². The summed E-state index contributed by atoms with van der Waals surface area (Å²) >= 11 is 0. The number of hydrogen-bond donors (Lipinski definition) is 1. The summed E-state index contributed by atoms with van der Waals surface area (Å²) in [5.74, 6) is -0.553. The van der Waals surface area contributed by atoms with Crippen molar-refractivity contribution < 1.29 is 14.6 Å². The molecule has 4 nitrogen and oxygen atoms in total. The topological polar surface area (TPSA) is 58.9 Å². The Bertz CT molecular complexity index is 424. The Kier molecular flexibility index (Phi) is 3.23. The van der Waals surface area contributed by atoms with Crippen LogP contribution in [0, 0.1) is 0 Å². The van der Waals surface area contributed by atoms with Crippen molar-refractivity contribution in [2.75, 3.05) is 7.11 Å². The highest BCUT2D eigenvalue weighted by Crippen LogP contribution is 2.34. The molecule has 0 radical (unpaired) electrons. The number of carboxylic acid groups (broad SMARTS) is 1. The van der Waals surface area contributed by atoms with E-state index in [0.29, 0.717) is 17.0 Å². The largest absolute Gasteiger partial charge is 0.494 e. The number of aromatic carboxylic acids is 1. The number of carbonyl (C=O) groups is 1. The van der Waals surface area contributed by atoms with Crippen molar-refractivity contribution in [1.82, 2.24) is 0 Å². The van der Waals surface area contributed by atoms with Gasteiger partial charge < -0.3 is 9.84 Å². The molecule has 0 unspecified atom stereocenters. The molecule has 0 aliphatic heterocycles. The molecule has 0 amide bonds. The highest BCUT2D eigenvalue weighted by Gasteiger charge is 2.14. The molecule has 1 N–H and O–H groups in total. The van der Waals surface area contributed by atoms with Gasteiger partial charge in [-0.05, 0) is 18.9 Å². The van der Waals surface area contributed by atoms with E-state index in [-0.39, 0.29) is 5.56 Å². The third kappa shape index (κ3) is 1.88. The van der Waals surface area contributed by atoms with E-state index in [4.69, 9.17) is 9.84 Å². The van der Waals surface area contributed by atoms with Gasteiger partial charge in [-0.3, -0.25) is 4.99 Å². The first-order valence-corrected chi connectivity index (χ1v) is 4.19. The molecule has 0 aliphatic carbocycles. The summed E-state index contributed by atoms with van der Waals surface area (Å²) in [4.78, 5) is 14.6. The zero-order valence-corrected chi connectivity index (χ0v) is 8.36. The Balaban J connectivity index is 3.54. The highest BCUT2D eigenvalue weighted by atomic mass is 16.5. The van der Waals surface area contributed by atoms with Crippen LogP contribution in [0.3, 0.4) is 0 Å². The molecule has 1 aromatic carbocycles. The molecule has 1 aromatic rings. The van der Waals surface area contributed by atoms with Crippen LogP contribution in [0.5, 0.6) is 5.75 Å². The minimum absolute atomic E-state index is 0.133. The van der Waals surface area contributed by atoms with Crippen LogP contribution in [0.2, 0.25) is 0 Å². The van der Waals surface area contributed by atoms with Crippen LogP contribution in [-0.4, -0.2) is 24.9 Å². The molecule has 0 heterocycles. The standard InChI is InChI=1S/C11H11NO3/c1-4-7-8(11(13)14)5-6-9(15-3)10(7)12-2/h4-6H,1-2H2,3H3,(H,13,14). The zero-order valence-electron chi connectivity index (χ0n) is 8.36. The van der Waals surface area contributed by atoms with Gasteiger partial charge in [0.1, 0.15) is 11.4 Å². The van der Waals surface area contributed by atoms with E-state index >= 15 is 0 Å². The van der Waals surface area contributed by atoms with Crippen molar-refractivity contribution in [3.05, 3.63) is 29.8 Å². The summed E-state index contributed by atoms with van der Waals surface area (Å²) in [5, 5.41) is 8.93. The lowest BCUT2D eigenvalue weighted by atomic mass is 10.0. The fraction of sp³-hybridized carbons (Fsp3) is 0.0909. The van der Waals surface area contributed by atoms with Crippen LogP contribution in [0.15, 0.2) is 23.7 Å². The second-order valence-corrected chi connectivity index (χ2v) is 2.75. The molecule has 4 heteroatoms. The number of nitrogens with zero attached hydrogens (tertiary/aromatic N) is 1. The molecule has 1 rings (SSSR count). The third-order valence-electron chi connectivity index (χ3n) is 1.99. The first kappa shape index (κ1) is 11.0. The summed E-state index contributed by atoms with van der Waals surface area (Å²) < 4.78 is 5.04. The Hall–Kier alpha value is -2.10. The van der Waals surface area contributed by atoms with Gasteiger partial charge in [0, 0.05) is 5.56 Å².